The van der Waals surface area contributed by atoms with Crippen molar-refractivity contribution < 1.29 is 30.3 Å². The van der Waals surface area contributed by atoms with E-state index in [1.54, 1.807) is 0 Å². The zero-order valence-corrected chi connectivity index (χ0v) is 18.7. The number of phenolic OH excluding ortho intramolecular Hbond substituents is 5. The molecule has 6 heteroatoms. The lowest BCUT2D eigenvalue weighted by Gasteiger charge is -2.10. The van der Waals surface area contributed by atoms with Gasteiger partial charge in [-0.3, -0.25) is 4.79 Å². The number of carbonyl (C=O) groups excluding carboxylic acids is 1. The predicted octanol–water partition coefficient (Wildman–Crippen LogP) is 6.18. The zero-order valence-electron chi connectivity index (χ0n) is 18.7. The average molecular weight is 443 g/mol. The molecular formula is C26H34O6. The number of hydrogen-bond acceptors (Lipinski definition) is 6. The Morgan fingerprint density at radius 3 is 1.69 bits per heavy atom. The van der Waals surface area contributed by atoms with Gasteiger partial charge < -0.3 is 25.5 Å². The van der Waals surface area contributed by atoms with E-state index in [1.807, 2.05) is 24.3 Å². The summed E-state index contributed by atoms with van der Waals surface area (Å²) in [6.07, 6.45) is 15.2. The quantitative estimate of drug-likeness (QED) is 0.0830. The lowest BCUT2D eigenvalue weighted by atomic mass is 10.0. The van der Waals surface area contributed by atoms with Crippen LogP contribution in [0.4, 0.5) is 0 Å². The first-order valence-electron chi connectivity index (χ1n) is 11.4. The van der Waals surface area contributed by atoms with Gasteiger partial charge in [0.1, 0.15) is 5.56 Å². The third-order valence-electron chi connectivity index (χ3n) is 5.59. The molecule has 6 nitrogen and oxygen atoms in total. The van der Waals surface area contributed by atoms with Gasteiger partial charge in [0.05, 0.1) is 0 Å². The maximum absolute atomic E-state index is 12.3. The molecule has 0 aliphatic rings. The number of carbonyl (C=O) groups is 1. The molecule has 2 aromatic rings. The lowest BCUT2D eigenvalue weighted by Crippen LogP contribution is -1.97. The van der Waals surface area contributed by atoms with Gasteiger partial charge in [-0.2, -0.15) is 0 Å². The molecule has 0 aliphatic carbocycles. The van der Waals surface area contributed by atoms with Crippen LogP contribution < -0.4 is 0 Å². The molecule has 0 bridgehead atoms. The minimum absolute atomic E-state index is 0.684. The molecule has 0 saturated carbocycles. The normalized spacial score (nSPS) is 11.3. The van der Waals surface area contributed by atoms with E-state index in [0.717, 1.165) is 24.5 Å². The van der Waals surface area contributed by atoms with E-state index in [9.17, 15) is 30.3 Å². The fourth-order valence-corrected chi connectivity index (χ4v) is 3.61. The van der Waals surface area contributed by atoms with Crippen molar-refractivity contribution in [2.45, 2.75) is 71.1 Å². The minimum atomic E-state index is -1.09. The summed E-state index contributed by atoms with van der Waals surface area (Å²) in [5, 5.41) is 48.2. The minimum Gasteiger partial charge on any atom is -0.504 e. The summed E-state index contributed by atoms with van der Waals surface area (Å²) in [5.74, 6) is -6.06. The van der Waals surface area contributed by atoms with E-state index < -0.39 is 40.1 Å². The van der Waals surface area contributed by atoms with Crippen LogP contribution in [0.1, 0.15) is 86.2 Å². The van der Waals surface area contributed by atoms with Gasteiger partial charge in [0.25, 0.3) is 0 Å². The van der Waals surface area contributed by atoms with E-state index in [1.165, 1.54) is 63.0 Å². The molecule has 174 valence electrons. The molecule has 2 rings (SSSR count). The SMILES string of the molecule is CCCCCCCCCCCc1ccc(C=CC(=O)c2c(O)c(O)c(O)c(O)c2O)cc1. The van der Waals surface area contributed by atoms with Crippen LogP contribution in [0.25, 0.3) is 6.08 Å². The summed E-state index contributed by atoms with van der Waals surface area (Å²) in [6.45, 7) is 2.23. The number of benzene rings is 2. The highest BCUT2D eigenvalue weighted by Gasteiger charge is 2.26. The molecule has 0 aliphatic heterocycles. The molecule has 5 N–H and O–H groups in total. The summed E-state index contributed by atoms with van der Waals surface area (Å²) in [4.78, 5) is 12.3. The van der Waals surface area contributed by atoms with Gasteiger partial charge in [0.2, 0.25) is 17.2 Å². The molecule has 0 atom stereocenters. The second kappa shape index (κ2) is 12.6. The molecule has 0 saturated heterocycles. The number of aromatic hydroxyl groups is 5. The number of phenols is 5. The van der Waals surface area contributed by atoms with Crippen LogP contribution in [0.2, 0.25) is 0 Å². The number of hydrogen-bond donors (Lipinski definition) is 5. The Balaban J connectivity index is 1.83. The Hall–Kier alpha value is -3.15. The van der Waals surface area contributed by atoms with Gasteiger partial charge in [-0.05, 0) is 30.0 Å². The molecule has 0 aromatic heterocycles. The largest absolute Gasteiger partial charge is 0.504 e. The third-order valence-corrected chi connectivity index (χ3v) is 5.59. The molecule has 0 heterocycles. The Labute approximate surface area is 189 Å². The van der Waals surface area contributed by atoms with E-state index in [2.05, 4.69) is 6.92 Å². The van der Waals surface area contributed by atoms with Crippen molar-refractivity contribution in [1.82, 2.24) is 0 Å². The first kappa shape index (κ1) is 25.1. The van der Waals surface area contributed by atoms with E-state index in [4.69, 9.17) is 0 Å². The molecule has 0 unspecified atom stereocenters. The van der Waals surface area contributed by atoms with Gasteiger partial charge in [0, 0.05) is 0 Å². The first-order chi connectivity index (χ1) is 15.4. The van der Waals surface area contributed by atoms with Crippen molar-refractivity contribution in [1.29, 1.82) is 0 Å². The van der Waals surface area contributed by atoms with Gasteiger partial charge in [-0.25, -0.2) is 0 Å². The first-order valence-corrected chi connectivity index (χ1v) is 11.4. The van der Waals surface area contributed by atoms with Gasteiger partial charge in [-0.1, -0.05) is 88.6 Å². The van der Waals surface area contributed by atoms with Gasteiger partial charge >= 0.3 is 0 Å². The number of allylic oxidation sites excluding steroid dienone is 1. The lowest BCUT2D eigenvalue weighted by molar-refractivity contribution is 0.104. The molecule has 2 aromatic carbocycles. The maximum atomic E-state index is 12.3. The maximum Gasteiger partial charge on any atom is 0.208 e. The summed E-state index contributed by atoms with van der Waals surface area (Å²) in [7, 11) is 0. The Morgan fingerprint density at radius 1 is 0.688 bits per heavy atom. The molecular weight excluding hydrogens is 408 g/mol. The highest BCUT2D eigenvalue weighted by atomic mass is 16.4. The highest BCUT2D eigenvalue weighted by molar-refractivity contribution is 6.11. The van der Waals surface area contributed by atoms with Crippen LogP contribution in [0, 0.1) is 0 Å². The molecule has 0 spiro atoms. The summed E-state index contributed by atoms with van der Waals surface area (Å²) in [5.41, 5.74) is 1.29. The summed E-state index contributed by atoms with van der Waals surface area (Å²) < 4.78 is 0. The van der Waals surface area contributed by atoms with Gasteiger partial charge in [0.15, 0.2) is 17.3 Å². The molecule has 0 amide bonds. The van der Waals surface area contributed by atoms with Crippen molar-refractivity contribution in [2.75, 3.05) is 0 Å². The molecule has 0 fully saturated rings. The predicted molar refractivity (Wildman–Crippen MR) is 126 cm³/mol. The smallest absolute Gasteiger partial charge is 0.208 e. The van der Waals surface area contributed by atoms with Crippen LogP contribution in [-0.4, -0.2) is 31.3 Å². The number of aryl methyl sites for hydroxylation is 1. The Kier molecular flexibility index (Phi) is 9.92. The van der Waals surface area contributed by atoms with E-state index in [-0.39, 0.29) is 0 Å². The molecule has 32 heavy (non-hydrogen) atoms. The topological polar surface area (TPSA) is 118 Å². The average Bonchev–Trinajstić information content (AvgIpc) is 2.80. The van der Waals surface area contributed by atoms with Crippen LogP contribution >= 0.6 is 0 Å². The third kappa shape index (κ3) is 6.94. The Bertz CT molecular complexity index is 886. The zero-order chi connectivity index (χ0) is 23.5. The van der Waals surface area contributed by atoms with Crippen LogP contribution in [-0.2, 0) is 6.42 Å². The van der Waals surface area contributed by atoms with Crippen LogP contribution in [0.15, 0.2) is 30.3 Å². The molecule has 0 radical (unpaired) electrons. The number of ketones is 1. The van der Waals surface area contributed by atoms with Crippen molar-refractivity contribution >= 4 is 11.9 Å². The number of unbranched alkanes of at least 4 members (excludes halogenated alkanes) is 8. The number of rotatable bonds is 13. The van der Waals surface area contributed by atoms with Crippen molar-refractivity contribution in [3.8, 4) is 28.7 Å². The monoisotopic (exact) mass is 442 g/mol. The second-order valence-corrected chi connectivity index (χ2v) is 8.14. The highest BCUT2D eigenvalue weighted by Crippen LogP contribution is 2.50. The van der Waals surface area contributed by atoms with Gasteiger partial charge in [-0.15, -0.1) is 0 Å². The fraction of sp³-hybridized carbons (Fsp3) is 0.423. The van der Waals surface area contributed by atoms with Crippen molar-refractivity contribution in [3.05, 3.63) is 47.0 Å². The van der Waals surface area contributed by atoms with Crippen molar-refractivity contribution in [2.24, 2.45) is 0 Å². The van der Waals surface area contributed by atoms with Crippen LogP contribution in [0.5, 0.6) is 28.7 Å². The second-order valence-electron chi connectivity index (χ2n) is 8.14. The summed E-state index contributed by atoms with van der Waals surface area (Å²) >= 11 is 0. The Morgan fingerprint density at radius 2 is 1.16 bits per heavy atom. The standard InChI is InChI=1S/C26H34O6/c1-2-3-4-5-6-7-8-9-10-11-18-12-14-19(15-13-18)16-17-20(27)21-22(28)24(30)26(32)25(31)23(21)29/h12-17,28-32H,2-11H2,1H3. The van der Waals surface area contributed by atoms with E-state index in [0.29, 0.717) is 0 Å². The van der Waals surface area contributed by atoms with E-state index >= 15 is 0 Å². The summed E-state index contributed by atoms with van der Waals surface area (Å²) in [6, 6.07) is 7.75. The van der Waals surface area contributed by atoms with Crippen LogP contribution in [0.3, 0.4) is 0 Å². The fourth-order valence-electron chi connectivity index (χ4n) is 3.61. The van der Waals surface area contributed by atoms with Crippen molar-refractivity contribution in [3.63, 3.8) is 0 Å².